The van der Waals surface area contributed by atoms with Crippen molar-refractivity contribution in [2.24, 2.45) is 0 Å². The van der Waals surface area contributed by atoms with Crippen LogP contribution >= 0.6 is 23.5 Å². The number of aromatic nitrogens is 3. The normalized spacial score (nSPS) is 13.4. The lowest BCUT2D eigenvalue weighted by Gasteiger charge is -2.38. The smallest absolute Gasteiger partial charge is 0.257 e. The molecule has 6 heterocycles. The van der Waals surface area contributed by atoms with E-state index in [-0.39, 0.29) is 6.71 Å². The van der Waals surface area contributed by atoms with Crippen LogP contribution in [0, 0.1) is 0 Å². The molecule has 186 valence electrons. The zero-order chi connectivity index (χ0) is 26.2. The van der Waals surface area contributed by atoms with Crippen molar-refractivity contribution in [1.82, 2.24) is 15.0 Å². The van der Waals surface area contributed by atoms with Crippen LogP contribution in [0.3, 0.4) is 0 Å². The average molecular weight is 547 g/mol. The van der Waals surface area contributed by atoms with Gasteiger partial charge in [0.25, 0.3) is 6.71 Å². The van der Waals surface area contributed by atoms with Crippen molar-refractivity contribution in [3.8, 4) is 45.1 Å². The molecule has 0 spiro atoms. The summed E-state index contributed by atoms with van der Waals surface area (Å²) in [6.07, 6.45) is 7.85. The Morgan fingerprint density at radius 2 is 1.35 bits per heavy atom. The van der Waals surface area contributed by atoms with E-state index in [0.29, 0.717) is 0 Å². The Morgan fingerprint density at radius 3 is 2.17 bits per heavy atom. The van der Waals surface area contributed by atoms with Crippen LogP contribution in [-0.4, -0.2) is 21.7 Å². The zero-order valence-corrected chi connectivity index (χ0v) is 22.7. The molecular formula is C33H18BN3OS2. The van der Waals surface area contributed by atoms with Gasteiger partial charge in [-0.3, -0.25) is 15.0 Å². The van der Waals surface area contributed by atoms with Gasteiger partial charge in [0.15, 0.2) is 0 Å². The monoisotopic (exact) mass is 547 g/mol. The van der Waals surface area contributed by atoms with E-state index in [1.165, 1.54) is 36.6 Å². The zero-order valence-electron chi connectivity index (χ0n) is 21.0. The minimum absolute atomic E-state index is 0.0767. The second kappa shape index (κ2) is 8.59. The van der Waals surface area contributed by atoms with Crippen LogP contribution in [-0.2, 0) is 0 Å². The number of ether oxygens (including phenoxy) is 1. The van der Waals surface area contributed by atoms with Crippen molar-refractivity contribution in [1.29, 1.82) is 0 Å². The molecule has 3 aliphatic rings. The molecule has 0 saturated carbocycles. The number of pyridine rings is 3. The third kappa shape index (κ3) is 3.22. The third-order valence-corrected chi connectivity index (χ3v) is 10.00. The van der Waals surface area contributed by atoms with Gasteiger partial charge in [0.2, 0.25) is 0 Å². The molecule has 0 atom stereocenters. The predicted octanol–water partition coefficient (Wildman–Crippen LogP) is 6.42. The first-order chi connectivity index (χ1) is 19.8. The van der Waals surface area contributed by atoms with Crippen LogP contribution in [0.5, 0.6) is 11.5 Å². The van der Waals surface area contributed by atoms with E-state index in [4.69, 9.17) is 9.72 Å². The molecule has 7 heteroatoms. The molecule has 3 aromatic carbocycles. The fraction of sp³-hybridized carbons (Fsp3) is 0. The predicted molar refractivity (Wildman–Crippen MR) is 162 cm³/mol. The van der Waals surface area contributed by atoms with Gasteiger partial charge in [-0.05, 0) is 51.8 Å². The summed E-state index contributed by atoms with van der Waals surface area (Å²) in [5.41, 5.74) is 9.89. The van der Waals surface area contributed by atoms with Gasteiger partial charge in [-0.15, -0.1) is 0 Å². The molecule has 0 amide bonds. The van der Waals surface area contributed by atoms with Crippen LogP contribution in [0.25, 0.3) is 33.6 Å². The minimum Gasteiger partial charge on any atom is -0.456 e. The molecular weight excluding hydrogens is 529 g/mol. The summed E-state index contributed by atoms with van der Waals surface area (Å²) in [4.78, 5) is 19.1. The molecule has 40 heavy (non-hydrogen) atoms. The van der Waals surface area contributed by atoms with Crippen LogP contribution in [0.2, 0.25) is 0 Å². The lowest BCUT2D eigenvalue weighted by Crippen LogP contribution is -2.60. The van der Waals surface area contributed by atoms with Crippen molar-refractivity contribution >= 4 is 46.6 Å². The van der Waals surface area contributed by atoms with Crippen molar-refractivity contribution in [3.63, 3.8) is 0 Å². The summed E-state index contributed by atoms with van der Waals surface area (Å²) in [6, 6.07) is 29.4. The maximum absolute atomic E-state index is 6.96. The molecule has 0 saturated heterocycles. The van der Waals surface area contributed by atoms with E-state index in [0.717, 1.165) is 44.5 Å². The summed E-state index contributed by atoms with van der Waals surface area (Å²) in [6.45, 7) is 0.0767. The van der Waals surface area contributed by atoms with Crippen molar-refractivity contribution in [2.45, 2.75) is 19.6 Å². The van der Waals surface area contributed by atoms with E-state index in [2.05, 4.69) is 76.7 Å². The highest BCUT2D eigenvalue weighted by Crippen LogP contribution is 2.47. The standard InChI is InChI=1S/C33H18BN3OS2/c1-2-8-19(9-3-1)20-14-24-29-25(15-20)39-26-16-35-17-27-30(26)34(29)31-28(40-27)18-37-32(33(31)38-24)22-11-5-4-10-21(22)23-12-6-7-13-36-23/h1-18H. The Hall–Kier alpha value is -4.33. The third-order valence-electron chi connectivity index (χ3n) is 7.80. The highest BCUT2D eigenvalue weighted by Gasteiger charge is 2.46. The first-order valence-corrected chi connectivity index (χ1v) is 14.8. The molecule has 0 N–H and O–H groups in total. The van der Waals surface area contributed by atoms with Crippen molar-refractivity contribution in [2.75, 3.05) is 0 Å². The Labute approximate surface area is 240 Å². The lowest BCUT2D eigenvalue weighted by atomic mass is 9.35. The van der Waals surface area contributed by atoms with Gasteiger partial charge in [0.05, 0.1) is 5.69 Å². The molecule has 3 aliphatic heterocycles. The average Bonchev–Trinajstić information content (AvgIpc) is 3.02. The quantitative estimate of drug-likeness (QED) is 0.238. The largest absolute Gasteiger partial charge is 0.456 e. The number of rotatable bonds is 3. The summed E-state index contributed by atoms with van der Waals surface area (Å²) in [7, 11) is 0. The number of nitrogens with zero attached hydrogens (tertiary/aromatic N) is 3. The SMILES string of the molecule is c1ccc(-c2cc3c4c(c2)Sc2cncc5c2B4c2c(cnc(-c4ccccc4-c4ccccn4)c2O3)S5)cc1. The van der Waals surface area contributed by atoms with Gasteiger partial charge in [0, 0.05) is 55.5 Å². The maximum atomic E-state index is 6.96. The second-order valence-corrected chi connectivity index (χ2v) is 12.2. The lowest BCUT2D eigenvalue weighted by molar-refractivity contribution is 0.485. The van der Waals surface area contributed by atoms with E-state index < -0.39 is 0 Å². The van der Waals surface area contributed by atoms with E-state index >= 15 is 0 Å². The van der Waals surface area contributed by atoms with Crippen LogP contribution in [0.4, 0.5) is 0 Å². The summed E-state index contributed by atoms with van der Waals surface area (Å²) in [5.74, 6) is 1.74. The second-order valence-electron chi connectivity index (χ2n) is 10.0. The van der Waals surface area contributed by atoms with E-state index in [1.54, 1.807) is 23.5 Å². The molecule has 3 aromatic heterocycles. The molecule has 6 aromatic rings. The van der Waals surface area contributed by atoms with Gasteiger partial charge in [-0.1, -0.05) is 84.2 Å². The van der Waals surface area contributed by atoms with E-state index in [1.807, 2.05) is 43.0 Å². The van der Waals surface area contributed by atoms with Crippen molar-refractivity contribution in [3.05, 3.63) is 110 Å². The van der Waals surface area contributed by atoms with Gasteiger partial charge in [-0.2, -0.15) is 0 Å². The topological polar surface area (TPSA) is 47.9 Å². The van der Waals surface area contributed by atoms with E-state index in [9.17, 15) is 0 Å². The fourth-order valence-electron chi connectivity index (χ4n) is 6.09. The Morgan fingerprint density at radius 1 is 0.600 bits per heavy atom. The number of hydrogen-bond acceptors (Lipinski definition) is 6. The Kier molecular flexibility index (Phi) is 4.83. The first-order valence-electron chi connectivity index (χ1n) is 13.1. The van der Waals surface area contributed by atoms with Gasteiger partial charge < -0.3 is 4.74 Å². The molecule has 4 nitrogen and oxygen atoms in total. The number of hydrogen-bond donors (Lipinski definition) is 0. The summed E-state index contributed by atoms with van der Waals surface area (Å²) < 4.78 is 6.96. The minimum atomic E-state index is 0.0767. The highest BCUT2D eigenvalue weighted by molar-refractivity contribution is 8.01. The van der Waals surface area contributed by atoms with Crippen molar-refractivity contribution < 1.29 is 4.74 Å². The summed E-state index contributed by atoms with van der Waals surface area (Å²) in [5, 5.41) is 0. The summed E-state index contributed by atoms with van der Waals surface area (Å²) >= 11 is 3.54. The van der Waals surface area contributed by atoms with Crippen LogP contribution in [0.1, 0.15) is 0 Å². The fourth-order valence-corrected chi connectivity index (χ4v) is 8.47. The van der Waals surface area contributed by atoms with Crippen LogP contribution in [0.15, 0.2) is 129 Å². The Balaban J connectivity index is 1.33. The molecule has 0 aliphatic carbocycles. The molecule has 0 radical (unpaired) electrons. The highest BCUT2D eigenvalue weighted by atomic mass is 32.2. The van der Waals surface area contributed by atoms with Crippen LogP contribution < -0.4 is 21.1 Å². The van der Waals surface area contributed by atoms with Gasteiger partial charge >= 0.3 is 0 Å². The van der Waals surface area contributed by atoms with Gasteiger partial charge in [-0.25, -0.2) is 0 Å². The Bertz CT molecular complexity index is 2000. The maximum Gasteiger partial charge on any atom is 0.257 e. The van der Waals surface area contributed by atoms with Gasteiger partial charge in [0.1, 0.15) is 17.2 Å². The first kappa shape index (κ1) is 22.5. The number of benzene rings is 3. The molecule has 0 fully saturated rings. The molecule has 0 bridgehead atoms. The molecule has 9 rings (SSSR count). The molecule has 0 unspecified atom stereocenters.